The van der Waals surface area contributed by atoms with Gasteiger partial charge in [-0.3, -0.25) is 10.1 Å². The lowest BCUT2D eigenvalue weighted by atomic mass is 10.0. The van der Waals surface area contributed by atoms with Gasteiger partial charge in [0, 0.05) is 6.42 Å². The van der Waals surface area contributed by atoms with Gasteiger partial charge >= 0.3 is 5.88 Å². The Morgan fingerprint density at radius 3 is 2.89 bits per heavy atom. The van der Waals surface area contributed by atoms with Crippen molar-refractivity contribution in [3.8, 4) is 5.75 Å². The molecule has 0 saturated carbocycles. The van der Waals surface area contributed by atoms with E-state index in [2.05, 4.69) is 0 Å². The summed E-state index contributed by atoms with van der Waals surface area (Å²) >= 11 is 0. The van der Waals surface area contributed by atoms with Crippen LogP contribution in [-0.2, 0) is 6.42 Å². The van der Waals surface area contributed by atoms with Crippen molar-refractivity contribution in [2.24, 2.45) is 5.73 Å². The standard InChI is InChI=1S/C13H12N2O4/c14-13(11-3-4-12(19-11)15(16)17)9-1-2-10-8(7-9)5-6-18-10/h1-4,7,13H,5-6,14H2. The van der Waals surface area contributed by atoms with Gasteiger partial charge in [-0.25, -0.2) is 0 Å². The van der Waals surface area contributed by atoms with Gasteiger partial charge in [0.1, 0.15) is 16.4 Å². The first-order valence-electron chi connectivity index (χ1n) is 5.90. The van der Waals surface area contributed by atoms with Gasteiger partial charge < -0.3 is 14.9 Å². The van der Waals surface area contributed by atoms with Crippen LogP contribution in [0, 0.1) is 10.1 Å². The average molecular weight is 260 g/mol. The van der Waals surface area contributed by atoms with E-state index in [1.54, 1.807) is 0 Å². The van der Waals surface area contributed by atoms with E-state index in [0.29, 0.717) is 12.4 Å². The molecule has 0 bridgehead atoms. The molecule has 1 aliphatic rings. The summed E-state index contributed by atoms with van der Waals surface area (Å²) in [6.45, 7) is 0.681. The predicted molar refractivity (Wildman–Crippen MR) is 67.0 cm³/mol. The van der Waals surface area contributed by atoms with Gasteiger partial charge in [0.05, 0.1) is 18.7 Å². The molecule has 1 aromatic heterocycles. The second-order valence-electron chi connectivity index (χ2n) is 4.38. The Bertz CT molecular complexity index is 635. The number of rotatable bonds is 3. The molecule has 19 heavy (non-hydrogen) atoms. The van der Waals surface area contributed by atoms with Crippen molar-refractivity contribution in [1.29, 1.82) is 0 Å². The summed E-state index contributed by atoms with van der Waals surface area (Å²) < 4.78 is 10.5. The predicted octanol–water partition coefficient (Wildman–Crippen LogP) is 2.17. The number of nitrogens with two attached hydrogens (primary N) is 1. The molecule has 6 nitrogen and oxygen atoms in total. The van der Waals surface area contributed by atoms with E-state index in [1.165, 1.54) is 12.1 Å². The number of hydrogen-bond donors (Lipinski definition) is 1. The van der Waals surface area contributed by atoms with Gasteiger partial charge in [-0.2, -0.15) is 0 Å². The first-order valence-corrected chi connectivity index (χ1v) is 5.90. The highest BCUT2D eigenvalue weighted by molar-refractivity contribution is 5.42. The summed E-state index contributed by atoms with van der Waals surface area (Å²) in [5, 5.41) is 10.6. The third-order valence-corrected chi connectivity index (χ3v) is 3.17. The van der Waals surface area contributed by atoms with Crippen molar-refractivity contribution in [2.75, 3.05) is 6.61 Å². The fourth-order valence-corrected chi connectivity index (χ4v) is 2.17. The maximum Gasteiger partial charge on any atom is 0.433 e. The Morgan fingerprint density at radius 1 is 1.32 bits per heavy atom. The Labute approximate surface area is 108 Å². The van der Waals surface area contributed by atoms with Crippen LogP contribution in [0.15, 0.2) is 34.7 Å². The van der Waals surface area contributed by atoms with E-state index < -0.39 is 11.0 Å². The van der Waals surface area contributed by atoms with Crippen molar-refractivity contribution in [2.45, 2.75) is 12.5 Å². The van der Waals surface area contributed by atoms with Gasteiger partial charge in [0.25, 0.3) is 0 Å². The molecule has 98 valence electrons. The summed E-state index contributed by atoms with van der Waals surface area (Å²) in [5.41, 5.74) is 8.03. The summed E-state index contributed by atoms with van der Waals surface area (Å²) in [5.74, 6) is 0.960. The van der Waals surface area contributed by atoms with Crippen LogP contribution in [0.25, 0.3) is 0 Å². The van der Waals surface area contributed by atoms with E-state index in [1.807, 2.05) is 18.2 Å². The van der Waals surface area contributed by atoms with Gasteiger partial charge in [-0.05, 0) is 29.3 Å². The summed E-state index contributed by atoms with van der Waals surface area (Å²) in [6.07, 6.45) is 0.855. The van der Waals surface area contributed by atoms with Crippen molar-refractivity contribution >= 4 is 5.88 Å². The molecule has 0 fully saturated rings. The lowest BCUT2D eigenvalue weighted by Gasteiger charge is -2.10. The highest BCUT2D eigenvalue weighted by Crippen LogP contribution is 2.31. The zero-order valence-electron chi connectivity index (χ0n) is 10.0. The molecular weight excluding hydrogens is 248 g/mol. The smallest absolute Gasteiger partial charge is 0.433 e. The number of nitrogens with zero attached hydrogens (tertiary/aromatic N) is 1. The van der Waals surface area contributed by atoms with E-state index in [0.717, 1.165) is 23.3 Å². The molecule has 3 rings (SSSR count). The van der Waals surface area contributed by atoms with E-state index in [9.17, 15) is 10.1 Å². The van der Waals surface area contributed by atoms with Crippen LogP contribution in [0.5, 0.6) is 5.75 Å². The van der Waals surface area contributed by atoms with E-state index in [4.69, 9.17) is 14.9 Å². The second kappa shape index (κ2) is 4.40. The molecule has 1 unspecified atom stereocenters. The van der Waals surface area contributed by atoms with Crippen molar-refractivity contribution in [1.82, 2.24) is 0 Å². The van der Waals surface area contributed by atoms with Crippen LogP contribution in [0.2, 0.25) is 0 Å². The van der Waals surface area contributed by atoms with Crippen LogP contribution in [0.3, 0.4) is 0 Å². The fraction of sp³-hybridized carbons (Fsp3) is 0.231. The van der Waals surface area contributed by atoms with Crippen molar-refractivity contribution in [3.63, 3.8) is 0 Å². The van der Waals surface area contributed by atoms with Gasteiger partial charge in [-0.1, -0.05) is 6.07 Å². The third-order valence-electron chi connectivity index (χ3n) is 3.17. The summed E-state index contributed by atoms with van der Waals surface area (Å²) in [4.78, 5) is 10.0. The third kappa shape index (κ3) is 2.06. The summed E-state index contributed by atoms with van der Waals surface area (Å²) in [7, 11) is 0. The first-order chi connectivity index (χ1) is 9.15. The number of ether oxygens (including phenoxy) is 1. The maximum absolute atomic E-state index is 10.6. The molecule has 1 aromatic carbocycles. The minimum Gasteiger partial charge on any atom is -0.493 e. The second-order valence-corrected chi connectivity index (χ2v) is 4.38. The topological polar surface area (TPSA) is 91.5 Å². The monoisotopic (exact) mass is 260 g/mol. The molecular formula is C13H12N2O4. The zero-order chi connectivity index (χ0) is 13.4. The van der Waals surface area contributed by atoms with Gasteiger partial charge in [0.2, 0.25) is 0 Å². The minimum absolute atomic E-state index is 0.296. The molecule has 6 heteroatoms. The normalized spacial score (nSPS) is 14.8. The number of furan rings is 1. The molecule has 2 heterocycles. The van der Waals surface area contributed by atoms with E-state index in [-0.39, 0.29) is 5.88 Å². The van der Waals surface area contributed by atoms with Crippen molar-refractivity contribution in [3.05, 3.63) is 57.3 Å². The van der Waals surface area contributed by atoms with Crippen molar-refractivity contribution < 1.29 is 14.1 Å². The number of fused-ring (bicyclic) bond motifs is 1. The summed E-state index contributed by atoms with van der Waals surface area (Å²) in [6, 6.07) is 8.01. The lowest BCUT2D eigenvalue weighted by Crippen LogP contribution is -2.11. The molecule has 0 aliphatic carbocycles. The average Bonchev–Trinajstić information content (AvgIpc) is 3.06. The number of benzene rings is 1. The van der Waals surface area contributed by atoms with Gasteiger partial charge in [0.15, 0.2) is 0 Å². The highest BCUT2D eigenvalue weighted by atomic mass is 16.6. The molecule has 0 radical (unpaired) electrons. The quantitative estimate of drug-likeness (QED) is 0.674. The Morgan fingerprint density at radius 2 is 2.16 bits per heavy atom. The zero-order valence-corrected chi connectivity index (χ0v) is 10.0. The molecule has 0 spiro atoms. The van der Waals surface area contributed by atoms with Gasteiger partial charge in [-0.15, -0.1) is 0 Å². The maximum atomic E-state index is 10.6. The first kappa shape index (κ1) is 11.7. The molecule has 2 aromatic rings. The van der Waals surface area contributed by atoms with Crippen LogP contribution < -0.4 is 10.5 Å². The van der Waals surface area contributed by atoms with Crippen LogP contribution >= 0.6 is 0 Å². The highest BCUT2D eigenvalue weighted by Gasteiger charge is 2.20. The SMILES string of the molecule is NC(c1ccc2c(c1)CCO2)c1ccc([N+](=O)[O-])o1. The molecule has 2 N–H and O–H groups in total. The molecule has 0 saturated heterocycles. The molecule has 1 aliphatic heterocycles. The van der Waals surface area contributed by atoms with Crippen LogP contribution in [0.4, 0.5) is 5.88 Å². The minimum atomic E-state index is -0.577. The van der Waals surface area contributed by atoms with E-state index >= 15 is 0 Å². The molecule has 0 amide bonds. The fourth-order valence-electron chi connectivity index (χ4n) is 2.17. The number of nitro groups is 1. The lowest BCUT2D eigenvalue weighted by molar-refractivity contribution is -0.402. The Hall–Kier alpha value is -2.34. The molecule has 1 atom stereocenters. The number of hydrogen-bond acceptors (Lipinski definition) is 5. The van der Waals surface area contributed by atoms with Crippen LogP contribution in [-0.4, -0.2) is 11.5 Å². The Balaban J connectivity index is 1.90. The largest absolute Gasteiger partial charge is 0.493 e. The Kier molecular flexibility index (Phi) is 2.72. The van der Waals surface area contributed by atoms with Crippen LogP contribution in [0.1, 0.15) is 22.9 Å².